The van der Waals surface area contributed by atoms with Crippen LogP contribution in [-0.2, 0) is 0 Å². The first kappa shape index (κ1) is 14.6. The van der Waals surface area contributed by atoms with Crippen LogP contribution in [0, 0.1) is 11.2 Å². The van der Waals surface area contributed by atoms with Crippen LogP contribution < -0.4 is 5.32 Å². The zero-order valence-corrected chi connectivity index (χ0v) is 11.2. The third-order valence-electron chi connectivity index (χ3n) is 2.85. The Bertz CT molecular complexity index is 438. The number of aliphatic hydroxyl groups is 1. The molecule has 0 unspecified atom stereocenters. The zero-order valence-electron chi connectivity index (χ0n) is 11.2. The third kappa shape index (κ3) is 3.53. The second-order valence-electron chi connectivity index (χ2n) is 5.48. The van der Waals surface area contributed by atoms with Gasteiger partial charge in [0.2, 0.25) is 0 Å². The maximum absolute atomic E-state index is 13.5. The minimum atomic E-state index is -0.583. The maximum atomic E-state index is 13.5. The number of halogens is 1. The summed E-state index contributed by atoms with van der Waals surface area (Å²) in [5.41, 5.74) is 0.195. The fourth-order valence-corrected chi connectivity index (χ4v) is 1.54. The lowest BCUT2D eigenvalue weighted by Crippen LogP contribution is -2.33. The van der Waals surface area contributed by atoms with Gasteiger partial charge in [0, 0.05) is 12.2 Å². The number of ketones is 1. The summed E-state index contributed by atoms with van der Waals surface area (Å²) in [6.45, 7) is 7.33. The van der Waals surface area contributed by atoms with E-state index in [1.54, 1.807) is 6.07 Å². The first-order chi connectivity index (χ1) is 8.23. The Morgan fingerprint density at radius 3 is 2.56 bits per heavy atom. The van der Waals surface area contributed by atoms with Gasteiger partial charge in [-0.2, -0.15) is 0 Å². The number of hydrogen-bond acceptors (Lipinski definition) is 3. The molecular formula is C14H20FNO2. The Kier molecular flexibility index (Phi) is 4.46. The fourth-order valence-electron chi connectivity index (χ4n) is 1.54. The molecule has 1 aromatic carbocycles. The number of nitrogens with one attached hydrogen (secondary N) is 1. The number of Topliss-reactive ketones (excluding diaryl/α,β-unsaturated/α-hetero) is 1. The number of carbonyl (C=O) groups is 1. The highest BCUT2D eigenvalue weighted by Crippen LogP contribution is 2.22. The van der Waals surface area contributed by atoms with Crippen molar-refractivity contribution in [2.75, 3.05) is 11.9 Å². The maximum Gasteiger partial charge on any atom is 0.164 e. The fraction of sp³-hybridized carbons (Fsp3) is 0.500. The molecule has 3 nitrogen and oxygen atoms in total. The number of carbonyl (C=O) groups excluding carboxylic acids is 1. The van der Waals surface area contributed by atoms with Gasteiger partial charge in [-0.1, -0.05) is 26.8 Å². The van der Waals surface area contributed by atoms with Crippen LogP contribution in [0.5, 0.6) is 0 Å². The highest BCUT2D eigenvalue weighted by molar-refractivity contribution is 5.99. The smallest absolute Gasteiger partial charge is 0.164 e. The number of benzene rings is 1. The molecule has 0 bridgehead atoms. The van der Waals surface area contributed by atoms with Crippen molar-refractivity contribution < 1.29 is 14.3 Å². The molecule has 4 heteroatoms. The zero-order chi connectivity index (χ0) is 13.9. The standard InChI is InChI=1S/C14H20FNO2/c1-9(17)13-10(15)6-5-7-11(13)16-8-12(18)14(2,3)4/h5-7,12,16,18H,8H2,1-4H3/t12-/m1/s1. The molecule has 100 valence electrons. The van der Waals surface area contributed by atoms with E-state index in [1.165, 1.54) is 19.1 Å². The monoisotopic (exact) mass is 253 g/mol. The molecule has 0 heterocycles. The third-order valence-corrected chi connectivity index (χ3v) is 2.85. The minimum Gasteiger partial charge on any atom is -0.391 e. The molecule has 1 rings (SSSR count). The molecule has 0 aliphatic carbocycles. The van der Waals surface area contributed by atoms with Gasteiger partial charge in [0.05, 0.1) is 11.7 Å². The second kappa shape index (κ2) is 5.48. The molecule has 0 aliphatic heterocycles. The van der Waals surface area contributed by atoms with Gasteiger partial charge in [-0.15, -0.1) is 0 Å². The van der Waals surface area contributed by atoms with Crippen molar-refractivity contribution in [3.05, 3.63) is 29.6 Å². The van der Waals surface area contributed by atoms with E-state index in [4.69, 9.17) is 0 Å². The summed E-state index contributed by atoms with van der Waals surface area (Å²) in [5.74, 6) is -0.876. The molecule has 1 aromatic rings. The van der Waals surface area contributed by atoms with Crippen molar-refractivity contribution in [1.82, 2.24) is 0 Å². The van der Waals surface area contributed by atoms with E-state index in [0.717, 1.165) is 0 Å². The molecule has 0 aliphatic rings. The summed E-state index contributed by atoms with van der Waals surface area (Å²) < 4.78 is 13.5. The SMILES string of the molecule is CC(=O)c1c(F)cccc1NC[C@@H](O)C(C)(C)C. The van der Waals surface area contributed by atoms with Crippen LogP contribution in [0.15, 0.2) is 18.2 Å². The quantitative estimate of drug-likeness (QED) is 0.811. The van der Waals surface area contributed by atoms with Gasteiger partial charge in [0.1, 0.15) is 5.82 Å². The second-order valence-corrected chi connectivity index (χ2v) is 5.48. The summed E-state index contributed by atoms with van der Waals surface area (Å²) in [6.07, 6.45) is -0.583. The van der Waals surface area contributed by atoms with Crippen molar-refractivity contribution in [1.29, 1.82) is 0 Å². The highest BCUT2D eigenvalue weighted by Gasteiger charge is 2.22. The topological polar surface area (TPSA) is 49.3 Å². The van der Waals surface area contributed by atoms with E-state index in [1.807, 2.05) is 20.8 Å². The molecule has 0 saturated heterocycles. The predicted molar refractivity (Wildman–Crippen MR) is 70.4 cm³/mol. The van der Waals surface area contributed by atoms with Gasteiger partial charge in [0.15, 0.2) is 5.78 Å². The number of aliphatic hydroxyl groups excluding tert-OH is 1. The van der Waals surface area contributed by atoms with Crippen LogP contribution >= 0.6 is 0 Å². The van der Waals surface area contributed by atoms with Crippen molar-refractivity contribution in [2.24, 2.45) is 5.41 Å². The van der Waals surface area contributed by atoms with Crippen molar-refractivity contribution in [3.8, 4) is 0 Å². The lowest BCUT2D eigenvalue weighted by atomic mass is 9.89. The van der Waals surface area contributed by atoms with Crippen molar-refractivity contribution >= 4 is 11.5 Å². The van der Waals surface area contributed by atoms with Crippen LogP contribution in [0.1, 0.15) is 38.1 Å². The van der Waals surface area contributed by atoms with Crippen LogP contribution in [-0.4, -0.2) is 23.5 Å². The molecule has 0 amide bonds. The molecule has 0 radical (unpaired) electrons. The van der Waals surface area contributed by atoms with E-state index >= 15 is 0 Å². The Morgan fingerprint density at radius 1 is 1.44 bits per heavy atom. The summed E-state index contributed by atoms with van der Waals surface area (Å²) in [4.78, 5) is 11.4. The number of rotatable bonds is 4. The van der Waals surface area contributed by atoms with E-state index in [9.17, 15) is 14.3 Å². The molecule has 0 fully saturated rings. The average molecular weight is 253 g/mol. The Morgan fingerprint density at radius 2 is 2.06 bits per heavy atom. The summed E-state index contributed by atoms with van der Waals surface area (Å²) in [6, 6.07) is 4.42. The molecule has 18 heavy (non-hydrogen) atoms. The largest absolute Gasteiger partial charge is 0.391 e. The summed E-state index contributed by atoms with van der Waals surface area (Å²) in [7, 11) is 0. The molecule has 0 spiro atoms. The van der Waals surface area contributed by atoms with Gasteiger partial charge < -0.3 is 10.4 Å². The number of anilines is 1. The predicted octanol–water partition coefficient (Wildman–Crippen LogP) is 2.85. The van der Waals surface area contributed by atoms with E-state index in [-0.39, 0.29) is 23.3 Å². The summed E-state index contributed by atoms with van der Waals surface area (Å²) >= 11 is 0. The lowest BCUT2D eigenvalue weighted by molar-refractivity contribution is 0.0745. The van der Waals surface area contributed by atoms with Gasteiger partial charge in [0.25, 0.3) is 0 Å². The van der Waals surface area contributed by atoms with Crippen molar-refractivity contribution in [3.63, 3.8) is 0 Å². The van der Waals surface area contributed by atoms with Crippen LogP contribution in [0.25, 0.3) is 0 Å². The Balaban J connectivity index is 2.86. The Hall–Kier alpha value is -1.42. The van der Waals surface area contributed by atoms with E-state index in [2.05, 4.69) is 5.32 Å². The van der Waals surface area contributed by atoms with E-state index in [0.29, 0.717) is 5.69 Å². The highest BCUT2D eigenvalue weighted by atomic mass is 19.1. The van der Waals surface area contributed by atoms with Gasteiger partial charge in [-0.05, 0) is 24.5 Å². The molecule has 0 saturated carbocycles. The summed E-state index contributed by atoms with van der Waals surface area (Å²) in [5, 5.41) is 12.8. The normalized spacial score (nSPS) is 13.2. The van der Waals surface area contributed by atoms with Gasteiger partial charge in [-0.25, -0.2) is 4.39 Å². The van der Waals surface area contributed by atoms with Crippen LogP contribution in [0.4, 0.5) is 10.1 Å². The minimum absolute atomic E-state index is 0.0404. The molecular weight excluding hydrogens is 233 g/mol. The van der Waals surface area contributed by atoms with Crippen molar-refractivity contribution in [2.45, 2.75) is 33.8 Å². The van der Waals surface area contributed by atoms with E-state index < -0.39 is 11.9 Å². The van der Waals surface area contributed by atoms with Gasteiger partial charge in [-0.3, -0.25) is 4.79 Å². The molecule has 1 atom stereocenters. The lowest BCUT2D eigenvalue weighted by Gasteiger charge is -2.26. The van der Waals surface area contributed by atoms with Gasteiger partial charge >= 0.3 is 0 Å². The van der Waals surface area contributed by atoms with Crippen LogP contribution in [0.3, 0.4) is 0 Å². The molecule has 2 N–H and O–H groups in total. The van der Waals surface area contributed by atoms with Crippen LogP contribution in [0.2, 0.25) is 0 Å². The number of hydrogen-bond donors (Lipinski definition) is 2. The first-order valence-corrected chi connectivity index (χ1v) is 5.95. The molecule has 0 aromatic heterocycles. The average Bonchev–Trinajstić information content (AvgIpc) is 2.23. The Labute approximate surface area is 107 Å². The first-order valence-electron chi connectivity index (χ1n) is 5.95.